The maximum absolute atomic E-state index is 5.62. The maximum Gasteiger partial charge on any atom is 0.191 e. The van der Waals surface area contributed by atoms with Crippen molar-refractivity contribution in [3.63, 3.8) is 0 Å². The number of hydrogen-bond donors (Lipinski definition) is 2. The van der Waals surface area contributed by atoms with Gasteiger partial charge >= 0.3 is 0 Å². The van der Waals surface area contributed by atoms with Crippen molar-refractivity contribution < 1.29 is 4.74 Å². The van der Waals surface area contributed by atoms with Crippen LogP contribution >= 0.6 is 24.0 Å². The van der Waals surface area contributed by atoms with E-state index in [9.17, 15) is 0 Å². The van der Waals surface area contributed by atoms with Crippen LogP contribution in [-0.4, -0.2) is 55.7 Å². The second kappa shape index (κ2) is 14.2. The molecule has 2 N–H and O–H groups in total. The van der Waals surface area contributed by atoms with Gasteiger partial charge in [0.1, 0.15) is 12.4 Å². The van der Waals surface area contributed by atoms with E-state index in [4.69, 9.17) is 4.74 Å². The van der Waals surface area contributed by atoms with Gasteiger partial charge in [-0.1, -0.05) is 30.3 Å². The quantitative estimate of drug-likeness (QED) is 0.229. The topological polar surface area (TPSA) is 61.8 Å². The summed E-state index contributed by atoms with van der Waals surface area (Å²) < 4.78 is 5.62. The molecule has 1 unspecified atom stereocenters. The Kier molecular flexibility index (Phi) is 12.2. The molecule has 0 saturated heterocycles. The zero-order chi connectivity index (χ0) is 19.3. The average Bonchev–Trinajstić information content (AvgIpc) is 2.71. The van der Waals surface area contributed by atoms with Crippen molar-refractivity contribution in [3.8, 4) is 5.75 Å². The van der Waals surface area contributed by atoms with E-state index in [0.29, 0.717) is 19.2 Å². The molecular formula is C21H32IN5O. The second-order valence-electron chi connectivity index (χ2n) is 6.50. The summed E-state index contributed by atoms with van der Waals surface area (Å²) >= 11 is 0. The van der Waals surface area contributed by atoms with E-state index >= 15 is 0 Å². The Morgan fingerprint density at radius 3 is 2.57 bits per heavy atom. The fourth-order valence-electron chi connectivity index (χ4n) is 2.64. The fourth-order valence-corrected chi connectivity index (χ4v) is 2.64. The molecule has 0 fully saturated rings. The van der Waals surface area contributed by atoms with Crippen LogP contribution in [0.25, 0.3) is 0 Å². The number of hydrogen-bond acceptors (Lipinski definition) is 4. The van der Waals surface area contributed by atoms with Gasteiger partial charge < -0.3 is 15.4 Å². The lowest BCUT2D eigenvalue weighted by atomic mass is 10.1. The summed E-state index contributed by atoms with van der Waals surface area (Å²) in [6, 6.07) is 14.8. The van der Waals surface area contributed by atoms with E-state index in [-0.39, 0.29) is 24.0 Å². The minimum absolute atomic E-state index is 0. The third-order valence-corrected chi connectivity index (χ3v) is 4.40. The molecule has 0 saturated carbocycles. The van der Waals surface area contributed by atoms with Gasteiger partial charge in [-0.05, 0) is 38.1 Å². The number of aromatic nitrogens is 1. The molecule has 154 valence electrons. The highest BCUT2D eigenvalue weighted by Crippen LogP contribution is 2.08. The number of nitrogens with one attached hydrogen (secondary N) is 2. The standard InChI is InChI=1S/C21H31N5O.HI/c1-18(26(3)17-19-8-5-4-6-9-19)11-13-24-21(22-2)25-14-15-27-20-10-7-12-23-16-20;/h4-10,12,16,18H,11,13-15,17H2,1-3H3,(H2,22,24,25);1H. The second-order valence-corrected chi connectivity index (χ2v) is 6.50. The Morgan fingerprint density at radius 1 is 1.14 bits per heavy atom. The molecular weight excluding hydrogens is 465 g/mol. The van der Waals surface area contributed by atoms with E-state index in [0.717, 1.165) is 31.2 Å². The molecule has 1 aromatic heterocycles. The highest BCUT2D eigenvalue weighted by atomic mass is 127. The van der Waals surface area contributed by atoms with Crippen molar-refractivity contribution in [1.82, 2.24) is 20.5 Å². The third-order valence-electron chi connectivity index (χ3n) is 4.40. The van der Waals surface area contributed by atoms with Gasteiger partial charge in [0.2, 0.25) is 0 Å². The monoisotopic (exact) mass is 497 g/mol. The van der Waals surface area contributed by atoms with Crippen LogP contribution in [0.15, 0.2) is 59.9 Å². The van der Waals surface area contributed by atoms with Crippen LogP contribution in [0.5, 0.6) is 5.75 Å². The summed E-state index contributed by atoms with van der Waals surface area (Å²) in [5, 5.41) is 6.62. The summed E-state index contributed by atoms with van der Waals surface area (Å²) in [6.07, 6.45) is 4.48. The van der Waals surface area contributed by atoms with Gasteiger partial charge in [0.05, 0.1) is 12.7 Å². The van der Waals surface area contributed by atoms with Crippen molar-refractivity contribution in [1.29, 1.82) is 0 Å². The molecule has 0 aliphatic rings. The molecule has 28 heavy (non-hydrogen) atoms. The molecule has 0 radical (unpaired) electrons. The van der Waals surface area contributed by atoms with Crippen LogP contribution in [-0.2, 0) is 6.54 Å². The summed E-state index contributed by atoms with van der Waals surface area (Å²) in [4.78, 5) is 10.7. The molecule has 0 bridgehead atoms. The van der Waals surface area contributed by atoms with Gasteiger partial charge in [-0.2, -0.15) is 0 Å². The summed E-state index contributed by atoms with van der Waals surface area (Å²) in [6.45, 7) is 5.31. The number of halogens is 1. The number of nitrogens with zero attached hydrogens (tertiary/aromatic N) is 3. The number of guanidine groups is 1. The smallest absolute Gasteiger partial charge is 0.191 e. The van der Waals surface area contributed by atoms with Gasteiger partial charge in [-0.15, -0.1) is 24.0 Å². The lowest BCUT2D eigenvalue weighted by Crippen LogP contribution is -2.41. The first kappa shape index (κ1) is 24.2. The molecule has 0 aliphatic heterocycles. The molecule has 2 rings (SSSR count). The first-order valence-electron chi connectivity index (χ1n) is 9.40. The number of pyridine rings is 1. The Balaban J connectivity index is 0.00000392. The molecule has 6 nitrogen and oxygen atoms in total. The highest BCUT2D eigenvalue weighted by Gasteiger charge is 2.09. The van der Waals surface area contributed by atoms with Gasteiger partial charge in [0.15, 0.2) is 5.96 Å². The first-order valence-corrected chi connectivity index (χ1v) is 9.40. The van der Waals surface area contributed by atoms with E-state index in [1.54, 1.807) is 19.4 Å². The predicted molar refractivity (Wildman–Crippen MR) is 126 cm³/mol. The van der Waals surface area contributed by atoms with Crippen molar-refractivity contribution >= 4 is 29.9 Å². The van der Waals surface area contributed by atoms with Crippen LogP contribution in [0.3, 0.4) is 0 Å². The minimum atomic E-state index is 0. The van der Waals surface area contributed by atoms with E-state index in [1.165, 1.54) is 5.56 Å². The summed E-state index contributed by atoms with van der Waals surface area (Å²) in [5.74, 6) is 1.57. The average molecular weight is 497 g/mol. The molecule has 1 atom stereocenters. The SMILES string of the molecule is CN=C(NCCOc1cccnc1)NCCC(C)N(C)Cc1ccccc1.I. The lowest BCUT2D eigenvalue weighted by Gasteiger charge is -2.25. The molecule has 7 heteroatoms. The number of benzene rings is 1. The number of rotatable bonds is 10. The van der Waals surface area contributed by atoms with Crippen molar-refractivity contribution in [2.45, 2.75) is 25.9 Å². The summed E-state index contributed by atoms with van der Waals surface area (Å²) in [5.41, 5.74) is 1.34. The van der Waals surface area contributed by atoms with Gasteiger partial charge in [0, 0.05) is 32.4 Å². The number of ether oxygens (including phenoxy) is 1. The Hall–Kier alpha value is -1.87. The van der Waals surface area contributed by atoms with Crippen molar-refractivity contribution in [3.05, 3.63) is 60.4 Å². The third kappa shape index (κ3) is 9.36. The van der Waals surface area contributed by atoms with Crippen LogP contribution in [0.1, 0.15) is 18.9 Å². The van der Waals surface area contributed by atoms with Crippen molar-refractivity contribution in [2.75, 3.05) is 33.8 Å². The fraction of sp³-hybridized carbons (Fsp3) is 0.429. The molecule has 0 aliphatic carbocycles. The largest absolute Gasteiger partial charge is 0.490 e. The van der Waals surface area contributed by atoms with Gasteiger partial charge in [-0.3, -0.25) is 14.9 Å². The van der Waals surface area contributed by atoms with Gasteiger partial charge in [0.25, 0.3) is 0 Å². The number of aliphatic imine (C=N–C) groups is 1. The Labute approximate surface area is 185 Å². The minimum Gasteiger partial charge on any atom is -0.490 e. The van der Waals surface area contributed by atoms with Gasteiger partial charge in [-0.25, -0.2) is 0 Å². The zero-order valence-electron chi connectivity index (χ0n) is 17.0. The van der Waals surface area contributed by atoms with Crippen molar-refractivity contribution in [2.24, 2.45) is 4.99 Å². The predicted octanol–water partition coefficient (Wildman–Crippen LogP) is 3.15. The molecule has 0 amide bonds. The highest BCUT2D eigenvalue weighted by molar-refractivity contribution is 14.0. The van der Waals surface area contributed by atoms with Crippen LogP contribution in [0.2, 0.25) is 0 Å². The van der Waals surface area contributed by atoms with Crippen LogP contribution in [0, 0.1) is 0 Å². The lowest BCUT2D eigenvalue weighted by molar-refractivity contribution is 0.238. The maximum atomic E-state index is 5.62. The Bertz CT molecular complexity index is 669. The summed E-state index contributed by atoms with van der Waals surface area (Å²) in [7, 11) is 3.95. The Morgan fingerprint density at radius 2 is 1.89 bits per heavy atom. The van der Waals surface area contributed by atoms with Crippen LogP contribution in [0.4, 0.5) is 0 Å². The van der Waals surface area contributed by atoms with E-state index in [1.807, 2.05) is 12.1 Å². The van der Waals surface area contributed by atoms with Crippen LogP contribution < -0.4 is 15.4 Å². The molecule has 1 aromatic carbocycles. The van der Waals surface area contributed by atoms with E-state index in [2.05, 4.69) is 69.8 Å². The molecule has 1 heterocycles. The van der Waals surface area contributed by atoms with E-state index < -0.39 is 0 Å². The zero-order valence-corrected chi connectivity index (χ0v) is 19.3. The molecule has 2 aromatic rings. The first-order chi connectivity index (χ1) is 13.2. The normalized spacial score (nSPS) is 12.2. The molecule has 0 spiro atoms.